The third-order valence-corrected chi connectivity index (χ3v) is 4.08. The molecule has 0 saturated heterocycles. The minimum absolute atomic E-state index is 0.561. The van der Waals surface area contributed by atoms with Crippen molar-refractivity contribution in [2.45, 2.75) is 46.2 Å². The molecule has 1 aromatic rings. The number of methoxy groups -OCH3 is 1. The fourth-order valence-electron chi connectivity index (χ4n) is 2.54. The Morgan fingerprint density at radius 1 is 1.29 bits per heavy atom. The third kappa shape index (κ3) is 6.49. The van der Waals surface area contributed by atoms with Gasteiger partial charge in [-0.1, -0.05) is 39.3 Å². The summed E-state index contributed by atoms with van der Waals surface area (Å²) >= 11 is 0. The van der Waals surface area contributed by atoms with E-state index in [1.807, 2.05) is 6.07 Å². The van der Waals surface area contributed by atoms with E-state index in [4.69, 9.17) is 4.74 Å². The van der Waals surface area contributed by atoms with Crippen LogP contribution in [0.15, 0.2) is 24.3 Å². The average Bonchev–Trinajstić information content (AvgIpc) is 2.50. The molecular weight excluding hydrogens is 260 g/mol. The third-order valence-electron chi connectivity index (χ3n) is 4.08. The summed E-state index contributed by atoms with van der Waals surface area (Å²) in [6.45, 7) is 9.97. The molecule has 0 saturated carbocycles. The van der Waals surface area contributed by atoms with Crippen molar-refractivity contribution in [3.8, 4) is 5.75 Å². The van der Waals surface area contributed by atoms with E-state index in [1.165, 1.54) is 18.4 Å². The molecule has 0 fully saturated rings. The summed E-state index contributed by atoms with van der Waals surface area (Å²) in [7, 11) is 3.92. The van der Waals surface area contributed by atoms with Crippen molar-refractivity contribution < 1.29 is 4.74 Å². The first-order valence-electron chi connectivity index (χ1n) is 8.15. The van der Waals surface area contributed by atoms with Gasteiger partial charge >= 0.3 is 0 Å². The summed E-state index contributed by atoms with van der Waals surface area (Å²) in [5.74, 6) is 1.63. The number of benzene rings is 1. The predicted octanol–water partition coefficient (Wildman–Crippen LogP) is 3.54. The van der Waals surface area contributed by atoms with Gasteiger partial charge in [-0.05, 0) is 43.6 Å². The molecule has 0 radical (unpaired) electrons. The first kappa shape index (κ1) is 18.0. The van der Waals surface area contributed by atoms with Crippen LogP contribution < -0.4 is 10.1 Å². The second-order valence-electron chi connectivity index (χ2n) is 5.99. The van der Waals surface area contributed by atoms with Crippen molar-refractivity contribution in [1.82, 2.24) is 10.2 Å². The molecule has 1 N–H and O–H groups in total. The van der Waals surface area contributed by atoms with Crippen LogP contribution in [0.5, 0.6) is 5.75 Å². The Kier molecular flexibility index (Phi) is 8.40. The van der Waals surface area contributed by atoms with E-state index in [0.29, 0.717) is 12.0 Å². The maximum atomic E-state index is 5.30. The molecule has 0 aliphatic rings. The Bertz CT molecular complexity index is 395. The van der Waals surface area contributed by atoms with Crippen LogP contribution in [0, 0.1) is 5.92 Å². The zero-order valence-electron chi connectivity index (χ0n) is 14.4. The lowest BCUT2D eigenvalue weighted by molar-refractivity contribution is 0.238. The lowest BCUT2D eigenvalue weighted by Crippen LogP contribution is -2.43. The van der Waals surface area contributed by atoms with Crippen LogP contribution in [0.2, 0.25) is 0 Å². The molecule has 1 aromatic carbocycles. The van der Waals surface area contributed by atoms with Crippen LogP contribution >= 0.6 is 0 Å². The van der Waals surface area contributed by atoms with Gasteiger partial charge in [-0.2, -0.15) is 0 Å². The van der Waals surface area contributed by atoms with Crippen LogP contribution in [0.25, 0.3) is 0 Å². The van der Waals surface area contributed by atoms with Gasteiger partial charge in [0.2, 0.25) is 0 Å². The topological polar surface area (TPSA) is 24.5 Å². The van der Waals surface area contributed by atoms with E-state index < -0.39 is 0 Å². The van der Waals surface area contributed by atoms with Crippen molar-refractivity contribution in [3.63, 3.8) is 0 Å². The van der Waals surface area contributed by atoms with Gasteiger partial charge in [0, 0.05) is 19.1 Å². The summed E-state index contributed by atoms with van der Waals surface area (Å²) in [6, 6.07) is 8.90. The van der Waals surface area contributed by atoms with Crippen molar-refractivity contribution in [1.29, 1.82) is 0 Å². The molecule has 120 valence electrons. The second kappa shape index (κ2) is 9.80. The number of nitrogens with one attached hydrogen (secondary N) is 1. The van der Waals surface area contributed by atoms with Crippen LogP contribution in [0.1, 0.15) is 39.2 Å². The zero-order chi connectivity index (χ0) is 15.7. The normalized spacial score (nSPS) is 14.2. The van der Waals surface area contributed by atoms with Crippen molar-refractivity contribution in [2.75, 3.05) is 27.2 Å². The van der Waals surface area contributed by atoms with Crippen molar-refractivity contribution >= 4 is 0 Å². The van der Waals surface area contributed by atoms with Crippen LogP contribution in [0.4, 0.5) is 0 Å². The van der Waals surface area contributed by atoms with Crippen molar-refractivity contribution in [3.05, 3.63) is 29.8 Å². The van der Waals surface area contributed by atoms with Gasteiger partial charge in [0.15, 0.2) is 0 Å². The summed E-state index contributed by atoms with van der Waals surface area (Å²) < 4.78 is 5.30. The largest absolute Gasteiger partial charge is 0.497 e. The Morgan fingerprint density at radius 2 is 2.05 bits per heavy atom. The number of hydrogen-bond acceptors (Lipinski definition) is 3. The number of rotatable bonds is 10. The molecule has 0 spiro atoms. The summed E-state index contributed by atoms with van der Waals surface area (Å²) in [4.78, 5) is 2.40. The SMILES string of the molecule is CCCNC(CN(C)Cc1cccc(OC)c1)C(C)CC. The fraction of sp³-hybridized carbons (Fsp3) is 0.667. The van der Waals surface area contributed by atoms with Gasteiger partial charge < -0.3 is 15.0 Å². The van der Waals surface area contributed by atoms with Gasteiger partial charge in [-0.15, -0.1) is 0 Å². The van der Waals surface area contributed by atoms with Gasteiger partial charge in [0.05, 0.1) is 7.11 Å². The molecule has 0 aliphatic carbocycles. The zero-order valence-corrected chi connectivity index (χ0v) is 14.4. The van der Waals surface area contributed by atoms with Crippen LogP contribution in [-0.4, -0.2) is 38.2 Å². The maximum Gasteiger partial charge on any atom is 0.119 e. The minimum Gasteiger partial charge on any atom is -0.497 e. The Balaban J connectivity index is 2.57. The lowest BCUT2D eigenvalue weighted by atomic mass is 9.98. The van der Waals surface area contributed by atoms with Gasteiger partial charge in [-0.3, -0.25) is 0 Å². The number of likely N-dealkylation sites (N-methyl/N-ethyl adjacent to an activating group) is 1. The molecule has 0 aromatic heterocycles. The van der Waals surface area contributed by atoms with E-state index in [0.717, 1.165) is 25.4 Å². The molecule has 0 aliphatic heterocycles. The highest BCUT2D eigenvalue weighted by Crippen LogP contribution is 2.15. The molecule has 0 amide bonds. The Hall–Kier alpha value is -1.06. The number of nitrogens with zero attached hydrogens (tertiary/aromatic N) is 1. The van der Waals surface area contributed by atoms with E-state index in [1.54, 1.807) is 7.11 Å². The molecule has 21 heavy (non-hydrogen) atoms. The first-order valence-corrected chi connectivity index (χ1v) is 8.15. The van der Waals surface area contributed by atoms with E-state index in [9.17, 15) is 0 Å². The Labute approximate surface area is 130 Å². The molecule has 3 heteroatoms. The van der Waals surface area contributed by atoms with E-state index >= 15 is 0 Å². The highest BCUT2D eigenvalue weighted by Gasteiger charge is 2.17. The fourth-order valence-corrected chi connectivity index (χ4v) is 2.54. The van der Waals surface area contributed by atoms with Crippen LogP contribution in [0.3, 0.4) is 0 Å². The number of hydrogen-bond donors (Lipinski definition) is 1. The Morgan fingerprint density at radius 3 is 2.67 bits per heavy atom. The van der Waals surface area contributed by atoms with Crippen LogP contribution in [-0.2, 0) is 6.54 Å². The second-order valence-corrected chi connectivity index (χ2v) is 5.99. The predicted molar refractivity (Wildman–Crippen MR) is 90.9 cm³/mol. The summed E-state index contributed by atoms with van der Waals surface area (Å²) in [6.07, 6.45) is 2.40. The average molecular weight is 292 g/mol. The highest BCUT2D eigenvalue weighted by atomic mass is 16.5. The quantitative estimate of drug-likeness (QED) is 0.714. The molecule has 3 nitrogen and oxygen atoms in total. The molecular formula is C18H32N2O. The standard InChI is InChI=1S/C18H32N2O/c1-6-11-19-18(15(3)7-2)14-20(4)13-16-9-8-10-17(12-16)21-5/h8-10,12,15,18-19H,6-7,11,13-14H2,1-5H3. The highest BCUT2D eigenvalue weighted by molar-refractivity contribution is 5.28. The van der Waals surface area contributed by atoms with Crippen molar-refractivity contribution in [2.24, 2.45) is 5.92 Å². The van der Waals surface area contributed by atoms with E-state index in [-0.39, 0.29) is 0 Å². The smallest absolute Gasteiger partial charge is 0.119 e. The molecule has 0 bridgehead atoms. The molecule has 1 rings (SSSR count). The minimum atomic E-state index is 0.561. The number of ether oxygens (including phenoxy) is 1. The summed E-state index contributed by atoms with van der Waals surface area (Å²) in [5, 5.41) is 3.69. The first-order chi connectivity index (χ1) is 10.1. The lowest BCUT2D eigenvalue weighted by Gasteiger charge is -2.29. The maximum absolute atomic E-state index is 5.30. The van der Waals surface area contributed by atoms with E-state index in [2.05, 4.69) is 56.2 Å². The monoisotopic (exact) mass is 292 g/mol. The molecule has 0 heterocycles. The molecule has 2 unspecified atom stereocenters. The summed E-state index contributed by atoms with van der Waals surface area (Å²) in [5.41, 5.74) is 1.30. The van der Waals surface area contributed by atoms with Gasteiger partial charge in [-0.25, -0.2) is 0 Å². The van der Waals surface area contributed by atoms with Gasteiger partial charge in [0.25, 0.3) is 0 Å². The van der Waals surface area contributed by atoms with Gasteiger partial charge in [0.1, 0.15) is 5.75 Å². The molecule has 2 atom stereocenters.